The average Bonchev–Trinajstić information content (AvgIpc) is 3.35. The number of carbonyl (C=O) groups excluding carboxylic acids is 1. The van der Waals surface area contributed by atoms with Crippen LogP contribution in [-0.2, 0) is 40.2 Å². The number of unbranched alkanes of at least 4 members (excludes halogenated alkanes) is 45. The molecule has 404 valence electrons. The molecule has 0 saturated carbocycles. The normalized spacial score (nSPS) is 11.5. The number of benzene rings is 1. The van der Waals surface area contributed by atoms with E-state index in [0.29, 0.717) is 0 Å². The zero-order chi connectivity index (χ0) is 49.8. The molecule has 1 aromatic carbocycles. The molecule has 0 radical (unpaired) electrons. The van der Waals surface area contributed by atoms with Crippen LogP contribution in [0.4, 0.5) is 0 Å². The highest BCUT2D eigenvalue weighted by molar-refractivity contribution is 5.76. The van der Waals surface area contributed by atoms with E-state index in [9.17, 15) is 9.59 Å². The smallest absolute Gasteiger partial charge is 0.306 e. The lowest BCUT2D eigenvalue weighted by molar-refractivity contribution is -0.148. The first-order chi connectivity index (χ1) is 34.0. The van der Waals surface area contributed by atoms with Crippen molar-refractivity contribution < 1.29 is 19.4 Å². The molecule has 69 heavy (non-hydrogen) atoms. The van der Waals surface area contributed by atoms with Gasteiger partial charge < -0.3 is 9.84 Å². The zero-order valence-corrected chi connectivity index (χ0v) is 47.0. The molecule has 0 atom stereocenters. The van der Waals surface area contributed by atoms with Crippen LogP contribution in [0.2, 0.25) is 0 Å². The third-order valence-corrected chi connectivity index (χ3v) is 15.3. The third kappa shape index (κ3) is 44.6. The highest BCUT2D eigenvalue weighted by Crippen LogP contribution is 2.27. The van der Waals surface area contributed by atoms with Gasteiger partial charge in [-0.25, -0.2) is 0 Å². The molecule has 0 aliphatic heterocycles. The number of aryl methyl sites for hydroxylation is 2. The van der Waals surface area contributed by atoms with Crippen LogP contribution in [0.15, 0.2) is 12.1 Å². The Morgan fingerprint density at radius 2 is 0.565 bits per heavy atom. The molecule has 4 nitrogen and oxygen atoms in total. The SMILES string of the molecule is CCCCCCCCCCCCCCCCCCc1cc(COC(=O)CCC(=O)O)cc(CCCCCCCCCCCCCCCCCC)c1CCCCCCCCCCCCCCCCCC. The van der Waals surface area contributed by atoms with Crippen LogP contribution in [0.1, 0.15) is 364 Å². The monoisotopic (exact) mass is 965 g/mol. The molecule has 0 bridgehead atoms. The van der Waals surface area contributed by atoms with Crippen molar-refractivity contribution in [2.24, 2.45) is 0 Å². The van der Waals surface area contributed by atoms with Crippen LogP contribution >= 0.6 is 0 Å². The second-order valence-electron chi connectivity index (χ2n) is 22.1. The topological polar surface area (TPSA) is 63.6 Å². The standard InChI is InChI=1S/C65H120O4/c1-4-7-10-13-16-19-22-25-28-31-34-37-40-43-46-49-52-61-57-60(59-69-65(68)56-55-64(66)67)58-62(53-50-47-44-41-38-35-32-29-26-23-20-17-14-11-8-5-2)63(61)54-51-48-45-42-39-36-33-30-27-24-21-18-15-12-9-6-3/h57-58H,4-56,59H2,1-3H3,(H,66,67). The Bertz CT molecular complexity index is 1180. The minimum absolute atomic E-state index is 0.0647. The predicted octanol–water partition coefficient (Wildman–Crippen LogP) is 22.0. The van der Waals surface area contributed by atoms with Gasteiger partial charge in [0, 0.05) is 0 Å². The van der Waals surface area contributed by atoms with E-state index in [0.717, 1.165) is 18.4 Å². The van der Waals surface area contributed by atoms with Gasteiger partial charge in [0.05, 0.1) is 12.8 Å². The van der Waals surface area contributed by atoms with Crippen LogP contribution in [0.25, 0.3) is 0 Å². The lowest BCUT2D eigenvalue weighted by Gasteiger charge is -2.18. The van der Waals surface area contributed by atoms with E-state index in [1.807, 2.05) is 0 Å². The van der Waals surface area contributed by atoms with Crippen LogP contribution in [0.5, 0.6) is 0 Å². The number of hydrogen-bond donors (Lipinski definition) is 1. The number of ether oxygens (including phenoxy) is 1. The maximum Gasteiger partial charge on any atom is 0.306 e. The van der Waals surface area contributed by atoms with E-state index in [-0.39, 0.29) is 19.4 Å². The third-order valence-electron chi connectivity index (χ3n) is 15.3. The van der Waals surface area contributed by atoms with E-state index < -0.39 is 11.9 Å². The number of carbonyl (C=O) groups is 2. The lowest BCUT2D eigenvalue weighted by Crippen LogP contribution is -2.09. The molecule has 0 aromatic heterocycles. The van der Waals surface area contributed by atoms with E-state index in [1.54, 1.807) is 5.56 Å². The van der Waals surface area contributed by atoms with Crippen molar-refractivity contribution in [2.75, 3.05) is 0 Å². The number of hydrogen-bond acceptors (Lipinski definition) is 3. The van der Waals surface area contributed by atoms with Gasteiger partial charge in [-0.3, -0.25) is 9.59 Å². The second-order valence-corrected chi connectivity index (χ2v) is 22.1. The van der Waals surface area contributed by atoms with E-state index in [2.05, 4.69) is 32.9 Å². The molecule has 0 aliphatic carbocycles. The molecule has 0 spiro atoms. The van der Waals surface area contributed by atoms with Gasteiger partial charge in [-0.15, -0.1) is 0 Å². The first-order valence-corrected chi connectivity index (χ1v) is 31.5. The van der Waals surface area contributed by atoms with Gasteiger partial charge in [0.25, 0.3) is 0 Å². The quantitative estimate of drug-likeness (QED) is 0.0522. The number of aliphatic carboxylic acids is 1. The summed E-state index contributed by atoms with van der Waals surface area (Å²) in [7, 11) is 0. The largest absolute Gasteiger partial charge is 0.481 e. The van der Waals surface area contributed by atoms with Gasteiger partial charge >= 0.3 is 11.9 Å². The van der Waals surface area contributed by atoms with Gasteiger partial charge in [-0.1, -0.05) is 322 Å². The molecule has 1 aromatic rings. The van der Waals surface area contributed by atoms with Crippen molar-refractivity contribution in [1.82, 2.24) is 0 Å². The molecular formula is C65H120O4. The Morgan fingerprint density at radius 3 is 0.812 bits per heavy atom. The van der Waals surface area contributed by atoms with Crippen LogP contribution in [0.3, 0.4) is 0 Å². The average molecular weight is 966 g/mol. The summed E-state index contributed by atoms with van der Waals surface area (Å²) in [4.78, 5) is 23.7. The summed E-state index contributed by atoms with van der Waals surface area (Å²) in [5, 5.41) is 9.13. The fraction of sp³-hybridized carbons (Fsp3) is 0.877. The molecule has 1 rings (SSSR count). The first-order valence-electron chi connectivity index (χ1n) is 31.5. The summed E-state index contributed by atoms with van der Waals surface area (Å²) in [5.41, 5.74) is 5.68. The van der Waals surface area contributed by atoms with Gasteiger partial charge in [-0.05, 0) is 60.8 Å². The Morgan fingerprint density at radius 1 is 0.333 bits per heavy atom. The van der Waals surface area contributed by atoms with Crippen molar-refractivity contribution in [3.63, 3.8) is 0 Å². The Labute approximate surface area is 431 Å². The fourth-order valence-electron chi connectivity index (χ4n) is 10.7. The highest BCUT2D eigenvalue weighted by atomic mass is 16.5. The molecule has 0 aliphatic rings. The summed E-state index contributed by atoms with van der Waals surface area (Å²) >= 11 is 0. The molecule has 0 saturated heterocycles. The van der Waals surface area contributed by atoms with E-state index in [4.69, 9.17) is 9.84 Å². The van der Waals surface area contributed by atoms with Crippen LogP contribution < -0.4 is 0 Å². The number of rotatable bonds is 56. The molecule has 0 heterocycles. The number of esters is 1. The molecule has 0 fully saturated rings. The summed E-state index contributed by atoms with van der Waals surface area (Å²) in [6, 6.07) is 4.71. The van der Waals surface area contributed by atoms with Crippen LogP contribution in [0, 0.1) is 0 Å². The van der Waals surface area contributed by atoms with Gasteiger partial charge in [0.2, 0.25) is 0 Å². The number of carboxylic acid groups (broad SMARTS) is 1. The van der Waals surface area contributed by atoms with Crippen molar-refractivity contribution in [2.45, 2.75) is 368 Å². The fourth-order valence-corrected chi connectivity index (χ4v) is 10.7. The summed E-state index contributed by atoms with van der Waals surface area (Å²) in [5.74, 6) is -1.36. The van der Waals surface area contributed by atoms with Gasteiger partial charge in [-0.2, -0.15) is 0 Å². The van der Waals surface area contributed by atoms with E-state index in [1.165, 1.54) is 326 Å². The van der Waals surface area contributed by atoms with Crippen molar-refractivity contribution >= 4 is 11.9 Å². The predicted molar refractivity (Wildman–Crippen MR) is 303 cm³/mol. The molecule has 0 amide bonds. The van der Waals surface area contributed by atoms with Gasteiger partial charge in [0.15, 0.2) is 0 Å². The molecule has 0 unspecified atom stereocenters. The summed E-state index contributed by atoms with van der Waals surface area (Å²) < 4.78 is 5.69. The lowest BCUT2D eigenvalue weighted by atomic mass is 9.88. The molecular weight excluding hydrogens is 845 g/mol. The Balaban J connectivity index is 2.71. The maximum absolute atomic E-state index is 12.5. The minimum Gasteiger partial charge on any atom is -0.481 e. The maximum atomic E-state index is 12.5. The van der Waals surface area contributed by atoms with Crippen LogP contribution in [-0.4, -0.2) is 17.0 Å². The zero-order valence-electron chi connectivity index (χ0n) is 47.0. The minimum atomic E-state index is -0.951. The van der Waals surface area contributed by atoms with Crippen molar-refractivity contribution in [3.8, 4) is 0 Å². The second kappa shape index (κ2) is 52.5. The summed E-state index contributed by atoms with van der Waals surface area (Å²) in [6.45, 7) is 7.15. The number of carboxylic acids is 1. The Kier molecular flexibility index (Phi) is 49.6. The molecule has 4 heteroatoms. The molecule has 1 N–H and O–H groups in total. The Hall–Kier alpha value is -1.84. The highest BCUT2D eigenvalue weighted by Gasteiger charge is 2.14. The first kappa shape index (κ1) is 65.2. The summed E-state index contributed by atoms with van der Waals surface area (Å²) in [6.07, 6.45) is 69.9. The van der Waals surface area contributed by atoms with Gasteiger partial charge in [0.1, 0.15) is 6.61 Å². The van der Waals surface area contributed by atoms with Crippen molar-refractivity contribution in [1.29, 1.82) is 0 Å². The van der Waals surface area contributed by atoms with Crippen molar-refractivity contribution in [3.05, 3.63) is 34.4 Å². The van der Waals surface area contributed by atoms with E-state index >= 15 is 0 Å².